The Morgan fingerprint density at radius 1 is 1.08 bits per heavy atom. The average Bonchev–Trinajstić information content (AvgIpc) is 3.28. The van der Waals surface area contributed by atoms with Gasteiger partial charge in [0.15, 0.2) is 0 Å². The number of hydrogen-bond donors (Lipinski definition) is 0. The highest BCUT2D eigenvalue weighted by atomic mass is 19.4. The van der Waals surface area contributed by atoms with Crippen LogP contribution in [0.4, 0.5) is 13.2 Å². The SMILES string of the molecule is Cc1cc(=O)c(C(=O)OCc2cc(=O)oc3cc4c(cc23)CCC4)nn1-c1cccc(C(F)(F)F)c1. The van der Waals surface area contributed by atoms with Crippen molar-refractivity contribution in [3.8, 4) is 5.69 Å². The minimum absolute atomic E-state index is 0.0249. The maximum absolute atomic E-state index is 13.1. The number of carbonyl (C=O) groups is 1. The van der Waals surface area contributed by atoms with E-state index in [1.54, 1.807) is 0 Å². The lowest BCUT2D eigenvalue weighted by atomic mass is 10.0. The van der Waals surface area contributed by atoms with Gasteiger partial charge in [0.2, 0.25) is 11.1 Å². The third-order valence-corrected chi connectivity index (χ3v) is 6.12. The summed E-state index contributed by atoms with van der Waals surface area (Å²) in [5.41, 5.74) is 0.462. The third kappa shape index (κ3) is 4.41. The molecule has 2 heterocycles. The number of aryl methyl sites for hydroxylation is 3. The lowest BCUT2D eigenvalue weighted by Gasteiger charge is -2.13. The van der Waals surface area contributed by atoms with Gasteiger partial charge in [0.1, 0.15) is 12.2 Å². The lowest BCUT2D eigenvalue weighted by molar-refractivity contribution is -0.137. The summed E-state index contributed by atoms with van der Waals surface area (Å²) < 4.78 is 51.1. The van der Waals surface area contributed by atoms with Gasteiger partial charge >= 0.3 is 17.8 Å². The van der Waals surface area contributed by atoms with E-state index in [-0.39, 0.29) is 18.0 Å². The van der Waals surface area contributed by atoms with Crippen molar-refractivity contribution in [3.63, 3.8) is 0 Å². The molecule has 0 fully saturated rings. The van der Waals surface area contributed by atoms with E-state index in [1.165, 1.54) is 25.1 Å². The molecule has 4 aromatic rings. The van der Waals surface area contributed by atoms with Crippen molar-refractivity contribution in [2.75, 3.05) is 0 Å². The van der Waals surface area contributed by atoms with Gasteiger partial charge in [-0.1, -0.05) is 6.07 Å². The van der Waals surface area contributed by atoms with E-state index in [9.17, 15) is 27.6 Å². The van der Waals surface area contributed by atoms with Crippen LogP contribution in [-0.2, 0) is 30.4 Å². The first-order valence-electron chi connectivity index (χ1n) is 11.1. The molecule has 0 aliphatic heterocycles. The van der Waals surface area contributed by atoms with E-state index in [1.807, 2.05) is 12.1 Å². The van der Waals surface area contributed by atoms with Crippen LogP contribution in [-0.4, -0.2) is 15.7 Å². The van der Waals surface area contributed by atoms with Crippen molar-refractivity contribution >= 4 is 16.9 Å². The van der Waals surface area contributed by atoms with Gasteiger partial charge in [0, 0.05) is 28.8 Å². The monoisotopic (exact) mass is 496 g/mol. The molecule has 0 radical (unpaired) electrons. The largest absolute Gasteiger partial charge is 0.456 e. The van der Waals surface area contributed by atoms with Crippen LogP contribution >= 0.6 is 0 Å². The number of ether oxygens (including phenoxy) is 1. The Morgan fingerprint density at radius 3 is 2.58 bits per heavy atom. The molecular formula is C26H19F3N2O5. The maximum Gasteiger partial charge on any atom is 0.416 e. The van der Waals surface area contributed by atoms with E-state index >= 15 is 0 Å². The molecule has 1 aliphatic carbocycles. The number of nitrogens with zero attached hydrogens (tertiary/aromatic N) is 2. The molecule has 0 spiro atoms. The van der Waals surface area contributed by atoms with E-state index in [0.717, 1.165) is 53.3 Å². The van der Waals surface area contributed by atoms with Crippen molar-refractivity contribution in [1.82, 2.24) is 9.78 Å². The van der Waals surface area contributed by atoms with Crippen LogP contribution in [0.15, 0.2) is 62.5 Å². The zero-order valence-corrected chi connectivity index (χ0v) is 19.0. The smallest absolute Gasteiger partial charge is 0.416 e. The van der Waals surface area contributed by atoms with Gasteiger partial charge in [-0.05, 0) is 67.6 Å². The normalized spacial score (nSPS) is 13.1. The highest BCUT2D eigenvalue weighted by Crippen LogP contribution is 2.31. The summed E-state index contributed by atoms with van der Waals surface area (Å²) in [6.07, 6.45) is -1.79. The van der Waals surface area contributed by atoms with Gasteiger partial charge in [-0.3, -0.25) is 4.79 Å². The Labute approximate surface area is 201 Å². The van der Waals surface area contributed by atoms with Crippen molar-refractivity contribution in [1.29, 1.82) is 0 Å². The standard InChI is InChI=1S/C26H19F3N2O5/c1-14-8-21(32)24(30-31(14)19-7-3-6-18(12-19)26(27,28)29)25(34)35-13-17-11-23(33)36-22-10-16-5-2-4-15(16)9-20(17)22/h3,6-12H,2,4-5,13H2,1H3. The van der Waals surface area contributed by atoms with Crippen LogP contribution in [0.5, 0.6) is 0 Å². The highest BCUT2D eigenvalue weighted by Gasteiger charge is 2.30. The fraction of sp³-hybridized carbons (Fsp3) is 0.231. The first-order chi connectivity index (χ1) is 17.1. The predicted octanol–water partition coefficient (Wildman–Crippen LogP) is 4.51. The molecule has 0 N–H and O–H groups in total. The third-order valence-electron chi connectivity index (χ3n) is 6.12. The molecule has 0 atom stereocenters. The molecule has 1 aliphatic rings. The molecule has 2 aromatic carbocycles. The number of aromatic nitrogens is 2. The molecule has 0 unspecified atom stereocenters. The molecule has 0 saturated heterocycles. The topological polar surface area (TPSA) is 91.4 Å². The van der Waals surface area contributed by atoms with Crippen LogP contribution in [0.1, 0.15) is 44.9 Å². The summed E-state index contributed by atoms with van der Waals surface area (Å²) in [4.78, 5) is 37.3. The summed E-state index contributed by atoms with van der Waals surface area (Å²) in [6, 6.07) is 10.4. The summed E-state index contributed by atoms with van der Waals surface area (Å²) in [7, 11) is 0. The quantitative estimate of drug-likeness (QED) is 0.305. The lowest BCUT2D eigenvalue weighted by Crippen LogP contribution is -2.24. The summed E-state index contributed by atoms with van der Waals surface area (Å²) >= 11 is 0. The molecule has 0 amide bonds. The minimum atomic E-state index is -4.57. The van der Waals surface area contributed by atoms with Gasteiger partial charge < -0.3 is 9.15 Å². The fourth-order valence-corrected chi connectivity index (χ4v) is 4.39. The van der Waals surface area contributed by atoms with E-state index in [2.05, 4.69) is 5.10 Å². The van der Waals surface area contributed by atoms with E-state index < -0.39 is 34.5 Å². The number of fused-ring (bicyclic) bond motifs is 2. The maximum atomic E-state index is 13.1. The Bertz CT molecular complexity index is 1640. The van der Waals surface area contributed by atoms with Gasteiger partial charge in [0.25, 0.3) is 0 Å². The molecule has 184 valence electrons. The van der Waals surface area contributed by atoms with Crippen LogP contribution in [0.2, 0.25) is 0 Å². The second kappa shape index (κ2) is 8.78. The van der Waals surface area contributed by atoms with Crippen molar-refractivity contribution < 1.29 is 27.1 Å². The first kappa shape index (κ1) is 23.5. The van der Waals surface area contributed by atoms with Crippen molar-refractivity contribution in [2.45, 2.75) is 39.0 Å². The van der Waals surface area contributed by atoms with Crippen molar-refractivity contribution in [3.05, 3.63) is 103 Å². The number of halogens is 3. The molecule has 0 bridgehead atoms. The molecule has 10 heteroatoms. The number of carbonyl (C=O) groups excluding carboxylic acids is 1. The molecule has 36 heavy (non-hydrogen) atoms. The molecule has 7 nitrogen and oxygen atoms in total. The zero-order chi connectivity index (χ0) is 25.6. The highest BCUT2D eigenvalue weighted by molar-refractivity contribution is 5.87. The predicted molar refractivity (Wildman–Crippen MR) is 123 cm³/mol. The van der Waals surface area contributed by atoms with Crippen LogP contribution in [0, 0.1) is 6.92 Å². The van der Waals surface area contributed by atoms with E-state index in [4.69, 9.17) is 9.15 Å². The number of alkyl halides is 3. The van der Waals surface area contributed by atoms with Crippen LogP contribution in [0.25, 0.3) is 16.7 Å². The Hall–Kier alpha value is -4.21. The summed E-state index contributed by atoms with van der Waals surface area (Å²) in [5, 5.41) is 4.61. The number of hydrogen-bond acceptors (Lipinski definition) is 6. The first-order valence-corrected chi connectivity index (χ1v) is 11.1. The molecule has 0 saturated carbocycles. The molecule has 5 rings (SSSR count). The van der Waals surface area contributed by atoms with Gasteiger partial charge in [-0.2, -0.15) is 18.3 Å². The second-order valence-corrected chi connectivity index (χ2v) is 8.60. The van der Waals surface area contributed by atoms with Crippen molar-refractivity contribution in [2.24, 2.45) is 0 Å². The van der Waals surface area contributed by atoms with E-state index in [0.29, 0.717) is 16.5 Å². The average molecular weight is 496 g/mol. The Balaban J connectivity index is 1.46. The fourth-order valence-electron chi connectivity index (χ4n) is 4.39. The van der Waals surface area contributed by atoms with Crippen LogP contribution in [0.3, 0.4) is 0 Å². The van der Waals surface area contributed by atoms with Gasteiger partial charge in [-0.15, -0.1) is 0 Å². The number of rotatable bonds is 4. The summed E-state index contributed by atoms with van der Waals surface area (Å²) in [6.45, 7) is 1.16. The minimum Gasteiger partial charge on any atom is -0.456 e. The Morgan fingerprint density at radius 2 is 1.83 bits per heavy atom. The number of benzene rings is 2. The Kier molecular flexibility index (Phi) is 5.74. The second-order valence-electron chi connectivity index (χ2n) is 8.60. The van der Waals surface area contributed by atoms with Gasteiger partial charge in [-0.25, -0.2) is 14.3 Å². The number of esters is 1. The molecular weight excluding hydrogens is 477 g/mol. The summed E-state index contributed by atoms with van der Waals surface area (Å²) in [5.74, 6) is -1.07. The van der Waals surface area contributed by atoms with Gasteiger partial charge in [0.05, 0.1) is 11.3 Å². The molecule has 2 aromatic heterocycles. The zero-order valence-electron chi connectivity index (χ0n) is 19.0. The van der Waals surface area contributed by atoms with Crippen LogP contribution < -0.4 is 11.1 Å².